The van der Waals surface area contributed by atoms with E-state index in [1.165, 1.54) is 0 Å². The second-order valence-corrected chi connectivity index (χ2v) is 14.1. The van der Waals surface area contributed by atoms with Crippen molar-refractivity contribution in [3.63, 3.8) is 0 Å². The highest BCUT2D eigenvalue weighted by Gasteiger charge is 2.36. The molecule has 0 spiro atoms. The van der Waals surface area contributed by atoms with Crippen molar-refractivity contribution in [1.29, 1.82) is 0 Å². The summed E-state index contributed by atoms with van der Waals surface area (Å²) in [5.74, 6) is 0.766. The lowest BCUT2D eigenvalue weighted by Crippen LogP contribution is -2.50. The van der Waals surface area contributed by atoms with Gasteiger partial charge in [-0.05, 0) is 119 Å². The van der Waals surface area contributed by atoms with Crippen molar-refractivity contribution in [2.75, 3.05) is 31.1 Å². The number of amides is 2. The number of rotatable bonds is 7. The predicted molar refractivity (Wildman–Crippen MR) is 156 cm³/mol. The second-order valence-electron chi connectivity index (χ2n) is 14.1. The van der Waals surface area contributed by atoms with Crippen molar-refractivity contribution in [2.24, 2.45) is 0 Å². The Bertz CT molecular complexity index is 990. The van der Waals surface area contributed by atoms with Gasteiger partial charge in [0.15, 0.2) is 0 Å². The summed E-state index contributed by atoms with van der Waals surface area (Å²) < 4.78 is 11.2. The predicted octanol–water partition coefficient (Wildman–Crippen LogP) is 6.59. The fourth-order valence-corrected chi connectivity index (χ4v) is 5.43. The summed E-state index contributed by atoms with van der Waals surface area (Å²) in [4.78, 5) is 36.4. The number of nitrogens with zero attached hydrogens (tertiary/aromatic N) is 4. The van der Waals surface area contributed by atoms with E-state index < -0.39 is 11.2 Å². The van der Waals surface area contributed by atoms with Gasteiger partial charge in [-0.1, -0.05) is 12.5 Å². The number of aryl methyl sites for hydroxylation is 2. The number of carbonyl (C=O) groups is 2. The molecule has 0 N–H and O–H groups in total. The van der Waals surface area contributed by atoms with Gasteiger partial charge in [0.25, 0.3) is 0 Å². The van der Waals surface area contributed by atoms with E-state index in [0.717, 1.165) is 81.7 Å². The number of pyridine rings is 1. The molecule has 0 aliphatic carbocycles. The third-order valence-corrected chi connectivity index (χ3v) is 7.16. The Morgan fingerprint density at radius 2 is 1.59 bits per heavy atom. The first-order chi connectivity index (χ1) is 18.0. The van der Waals surface area contributed by atoms with E-state index in [1.54, 1.807) is 4.90 Å². The topological polar surface area (TPSA) is 75.2 Å². The minimum atomic E-state index is -0.528. The van der Waals surface area contributed by atoms with Crippen LogP contribution in [0.2, 0.25) is 0 Å². The van der Waals surface area contributed by atoms with Crippen LogP contribution < -0.4 is 4.90 Å². The van der Waals surface area contributed by atoms with E-state index in [4.69, 9.17) is 14.5 Å². The second kappa shape index (κ2) is 12.4. The number of ether oxygens (including phenoxy) is 2. The minimum absolute atomic E-state index is 0.0276. The largest absolute Gasteiger partial charge is 0.444 e. The van der Waals surface area contributed by atoms with Crippen LogP contribution in [0.5, 0.6) is 0 Å². The Hall–Kier alpha value is -2.35. The molecular weight excluding hydrogens is 492 g/mol. The normalized spacial score (nSPS) is 18.4. The maximum atomic E-state index is 12.8. The zero-order valence-corrected chi connectivity index (χ0v) is 25.9. The number of hydrogen-bond donors (Lipinski definition) is 0. The van der Waals surface area contributed by atoms with Crippen LogP contribution in [0.1, 0.15) is 106 Å². The van der Waals surface area contributed by atoms with Crippen LogP contribution >= 0.6 is 0 Å². The fraction of sp³-hybridized carbons (Fsp3) is 0.774. The van der Waals surface area contributed by atoms with Gasteiger partial charge in [-0.15, -0.1) is 0 Å². The van der Waals surface area contributed by atoms with Gasteiger partial charge in [0.05, 0.1) is 0 Å². The molecule has 8 nitrogen and oxygen atoms in total. The lowest BCUT2D eigenvalue weighted by Gasteiger charge is -2.40. The number of fused-ring (bicyclic) bond motifs is 1. The minimum Gasteiger partial charge on any atom is -0.444 e. The van der Waals surface area contributed by atoms with Gasteiger partial charge in [-0.25, -0.2) is 14.6 Å². The van der Waals surface area contributed by atoms with Crippen LogP contribution in [-0.4, -0.2) is 75.9 Å². The molecule has 220 valence electrons. The van der Waals surface area contributed by atoms with Crippen LogP contribution in [-0.2, 0) is 22.3 Å². The molecule has 0 bridgehead atoms. The number of aromatic nitrogens is 1. The summed E-state index contributed by atoms with van der Waals surface area (Å²) >= 11 is 0. The fourth-order valence-electron chi connectivity index (χ4n) is 5.43. The summed E-state index contributed by atoms with van der Waals surface area (Å²) in [5, 5.41) is 0. The Balaban J connectivity index is 1.51. The van der Waals surface area contributed by atoms with Crippen molar-refractivity contribution >= 4 is 18.0 Å². The maximum absolute atomic E-state index is 12.8. The molecule has 1 aromatic rings. The number of anilines is 1. The molecule has 1 aromatic heterocycles. The van der Waals surface area contributed by atoms with Crippen LogP contribution in [0, 0.1) is 0 Å². The Labute approximate surface area is 236 Å². The first kappa shape index (κ1) is 31.2. The number of hydrogen-bond acceptors (Lipinski definition) is 6. The van der Waals surface area contributed by atoms with Crippen LogP contribution in [0.25, 0.3) is 0 Å². The van der Waals surface area contributed by atoms with E-state index in [2.05, 4.69) is 37.8 Å². The Kier molecular flexibility index (Phi) is 9.95. The SMILES string of the molecule is CC(C)(C)OC(=O)N1CC[C@@H](N(CCCCCc2ccc3c(n2)N(C(=O)OC(C)(C)C)CCC3)C(C)(C)C)C1. The zero-order chi connectivity index (χ0) is 29.0. The summed E-state index contributed by atoms with van der Waals surface area (Å²) in [7, 11) is 0. The van der Waals surface area contributed by atoms with Gasteiger partial charge < -0.3 is 14.4 Å². The summed E-state index contributed by atoms with van der Waals surface area (Å²) in [6, 6.07) is 4.59. The molecular formula is C31H52N4O4. The van der Waals surface area contributed by atoms with Gasteiger partial charge in [-0.3, -0.25) is 9.80 Å². The van der Waals surface area contributed by atoms with Crippen LogP contribution in [0.3, 0.4) is 0 Å². The lowest BCUT2D eigenvalue weighted by atomic mass is 10.0. The molecule has 39 heavy (non-hydrogen) atoms. The van der Waals surface area contributed by atoms with Crippen molar-refractivity contribution in [2.45, 2.75) is 130 Å². The molecule has 2 aliphatic heterocycles. The average molecular weight is 545 g/mol. The number of carbonyl (C=O) groups excluding carboxylic acids is 2. The lowest BCUT2D eigenvalue weighted by molar-refractivity contribution is 0.0253. The number of unbranched alkanes of at least 4 members (excludes halogenated alkanes) is 2. The molecule has 0 saturated carbocycles. The van der Waals surface area contributed by atoms with Crippen molar-refractivity contribution in [3.05, 3.63) is 23.4 Å². The molecule has 0 unspecified atom stereocenters. The van der Waals surface area contributed by atoms with Crippen LogP contribution in [0.4, 0.5) is 15.4 Å². The van der Waals surface area contributed by atoms with Crippen molar-refractivity contribution in [3.8, 4) is 0 Å². The summed E-state index contributed by atoms with van der Waals surface area (Å²) in [6.45, 7) is 21.3. The van der Waals surface area contributed by atoms with E-state index in [0.29, 0.717) is 12.6 Å². The average Bonchev–Trinajstić information content (AvgIpc) is 3.27. The third kappa shape index (κ3) is 9.37. The maximum Gasteiger partial charge on any atom is 0.416 e. The van der Waals surface area contributed by atoms with E-state index in [9.17, 15) is 9.59 Å². The highest BCUT2D eigenvalue weighted by molar-refractivity contribution is 5.88. The first-order valence-electron chi connectivity index (χ1n) is 14.8. The van der Waals surface area contributed by atoms with E-state index >= 15 is 0 Å². The molecule has 2 aliphatic rings. The van der Waals surface area contributed by atoms with E-state index in [-0.39, 0.29) is 17.7 Å². The molecule has 1 fully saturated rings. The highest BCUT2D eigenvalue weighted by Crippen LogP contribution is 2.28. The van der Waals surface area contributed by atoms with Crippen LogP contribution in [0.15, 0.2) is 12.1 Å². The number of likely N-dealkylation sites (tertiary alicyclic amines) is 1. The molecule has 3 rings (SSSR count). The molecule has 1 atom stereocenters. The van der Waals surface area contributed by atoms with Gasteiger partial charge >= 0.3 is 12.2 Å². The standard InChI is InChI=1S/C31H52N4O4/c1-29(2,3)35(25-18-21-33(22-25)27(36)38-30(4,5)6)20-12-10-11-15-24-17-16-23-14-13-19-34(26(23)32-24)28(37)39-31(7,8)9/h16-17,25H,10-15,18-22H2,1-9H3/t25-/m1/s1. The van der Waals surface area contributed by atoms with Crippen molar-refractivity contribution < 1.29 is 19.1 Å². The Morgan fingerprint density at radius 1 is 0.923 bits per heavy atom. The first-order valence-corrected chi connectivity index (χ1v) is 14.8. The monoisotopic (exact) mass is 544 g/mol. The van der Waals surface area contributed by atoms with Gasteiger partial charge in [-0.2, -0.15) is 0 Å². The summed E-state index contributed by atoms with van der Waals surface area (Å²) in [6.07, 6.45) is 6.45. The highest BCUT2D eigenvalue weighted by atomic mass is 16.6. The van der Waals surface area contributed by atoms with Gasteiger partial charge in [0.1, 0.15) is 17.0 Å². The molecule has 2 amide bonds. The van der Waals surface area contributed by atoms with Gasteiger partial charge in [0, 0.05) is 36.9 Å². The molecule has 8 heteroatoms. The zero-order valence-electron chi connectivity index (χ0n) is 25.9. The molecule has 1 saturated heterocycles. The van der Waals surface area contributed by atoms with Crippen molar-refractivity contribution in [1.82, 2.24) is 14.8 Å². The van der Waals surface area contributed by atoms with E-state index in [1.807, 2.05) is 46.4 Å². The Morgan fingerprint density at radius 3 is 2.23 bits per heavy atom. The molecule has 3 heterocycles. The third-order valence-electron chi connectivity index (χ3n) is 7.16. The smallest absolute Gasteiger partial charge is 0.416 e. The molecule has 0 aromatic carbocycles. The van der Waals surface area contributed by atoms with Gasteiger partial charge in [0.2, 0.25) is 0 Å². The quantitative estimate of drug-likeness (QED) is 0.361. The molecule has 0 radical (unpaired) electrons. The summed E-state index contributed by atoms with van der Waals surface area (Å²) in [5.41, 5.74) is 1.17.